The van der Waals surface area contributed by atoms with Gasteiger partial charge in [-0.2, -0.15) is 0 Å². The molecule has 0 aliphatic heterocycles. The maximum atomic E-state index is 13.9. The highest BCUT2D eigenvalue weighted by atomic mass is 32.2. The maximum absolute atomic E-state index is 13.9. The van der Waals surface area contributed by atoms with Crippen LogP contribution in [0.3, 0.4) is 0 Å². The smallest absolute Gasteiger partial charge is 0.328 e. The van der Waals surface area contributed by atoms with Crippen LogP contribution in [0.15, 0.2) is 41.8 Å². The van der Waals surface area contributed by atoms with Crippen LogP contribution in [0.4, 0.5) is 4.39 Å². The monoisotopic (exact) mass is 292 g/mol. The van der Waals surface area contributed by atoms with Gasteiger partial charge in [0.25, 0.3) is 0 Å². The number of hydrogen-bond acceptors (Lipinski definition) is 3. The summed E-state index contributed by atoms with van der Waals surface area (Å²) in [6, 6.07) is 4.68. The average molecular weight is 292 g/mol. The summed E-state index contributed by atoms with van der Waals surface area (Å²) in [5.74, 6) is -0.932. The zero-order chi connectivity index (χ0) is 14.5. The normalized spacial score (nSPS) is 11.1. The van der Waals surface area contributed by atoms with Crippen molar-refractivity contribution in [2.24, 2.45) is 7.05 Å². The van der Waals surface area contributed by atoms with Gasteiger partial charge in [0.1, 0.15) is 5.82 Å². The number of aromatic nitrogens is 2. The van der Waals surface area contributed by atoms with E-state index in [-0.39, 0.29) is 5.82 Å². The number of hydrogen-bond donors (Lipinski definition) is 1. The summed E-state index contributed by atoms with van der Waals surface area (Å²) in [4.78, 5) is 14.6. The molecule has 1 N–H and O–H groups in total. The molecule has 2 aromatic rings. The average Bonchev–Trinajstić information content (AvgIpc) is 2.81. The topological polar surface area (TPSA) is 55.1 Å². The molecule has 0 bridgehead atoms. The Bertz CT molecular complexity index is 652. The van der Waals surface area contributed by atoms with E-state index in [4.69, 9.17) is 5.11 Å². The second-order valence-corrected chi connectivity index (χ2v) is 5.07. The van der Waals surface area contributed by atoms with Crippen molar-refractivity contribution in [1.82, 2.24) is 9.55 Å². The highest BCUT2D eigenvalue weighted by molar-refractivity contribution is 7.98. The van der Waals surface area contributed by atoms with Gasteiger partial charge in [-0.1, -0.05) is 23.9 Å². The summed E-state index contributed by atoms with van der Waals surface area (Å²) < 4.78 is 15.7. The Balaban J connectivity index is 2.06. The molecule has 0 aliphatic rings. The number of carboxylic acids is 1. The Morgan fingerprint density at radius 3 is 2.95 bits per heavy atom. The molecule has 2 rings (SSSR count). The van der Waals surface area contributed by atoms with Crippen molar-refractivity contribution in [1.29, 1.82) is 0 Å². The zero-order valence-corrected chi connectivity index (χ0v) is 11.6. The first-order chi connectivity index (χ1) is 9.56. The lowest BCUT2D eigenvalue weighted by atomic mass is 10.1. The van der Waals surface area contributed by atoms with Crippen LogP contribution in [0.5, 0.6) is 0 Å². The van der Waals surface area contributed by atoms with Gasteiger partial charge in [-0.15, -0.1) is 0 Å². The number of carboxylic acid groups (broad SMARTS) is 1. The highest BCUT2D eigenvalue weighted by Gasteiger charge is 2.06. The molecular weight excluding hydrogens is 279 g/mol. The number of thioether (sulfide) groups is 1. The highest BCUT2D eigenvalue weighted by Crippen LogP contribution is 2.23. The number of carbonyl (C=O) groups is 1. The van der Waals surface area contributed by atoms with Gasteiger partial charge in [-0.3, -0.25) is 0 Å². The summed E-state index contributed by atoms with van der Waals surface area (Å²) in [6.45, 7) is 0. The van der Waals surface area contributed by atoms with Crippen LogP contribution in [0.2, 0.25) is 0 Å². The SMILES string of the molecule is Cn1ccnc1SCc1ccc(C=CC(=O)O)cc1F. The van der Waals surface area contributed by atoms with E-state index >= 15 is 0 Å². The summed E-state index contributed by atoms with van der Waals surface area (Å²) >= 11 is 1.44. The number of aliphatic carboxylic acids is 1. The summed E-state index contributed by atoms with van der Waals surface area (Å²) in [5, 5.41) is 9.34. The number of aryl methyl sites for hydroxylation is 1. The fourth-order valence-corrected chi connectivity index (χ4v) is 2.50. The molecule has 104 valence electrons. The Hall–Kier alpha value is -2.08. The van der Waals surface area contributed by atoms with Crippen LogP contribution in [0.25, 0.3) is 6.08 Å². The van der Waals surface area contributed by atoms with E-state index in [1.165, 1.54) is 23.9 Å². The van der Waals surface area contributed by atoms with Gasteiger partial charge in [0.2, 0.25) is 0 Å². The van der Waals surface area contributed by atoms with E-state index in [0.29, 0.717) is 16.9 Å². The Morgan fingerprint density at radius 1 is 1.55 bits per heavy atom. The van der Waals surface area contributed by atoms with Gasteiger partial charge >= 0.3 is 5.97 Å². The first kappa shape index (κ1) is 14.3. The molecule has 4 nitrogen and oxygen atoms in total. The third-order valence-electron chi connectivity index (χ3n) is 2.63. The molecule has 20 heavy (non-hydrogen) atoms. The molecule has 0 amide bonds. The lowest BCUT2D eigenvalue weighted by Crippen LogP contribution is -1.93. The van der Waals surface area contributed by atoms with Gasteiger partial charge in [0.05, 0.1) is 0 Å². The summed E-state index contributed by atoms with van der Waals surface area (Å²) in [5.41, 5.74) is 1.08. The molecular formula is C14H13FN2O2S. The first-order valence-corrected chi connectivity index (χ1v) is 6.84. The van der Waals surface area contributed by atoms with Gasteiger partial charge in [-0.05, 0) is 23.3 Å². The van der Waals surface area contributed by atoms with E-state index in [2.05, 4.69) is 4.98 Å². The molecule has 0 saturated heterocycles. The van der Waals surface area contributed by atoms with Gasteiger partial charge < -0.3 is 9.67 Å². The predicted octanol–water partition coefficient (Wildman–Crippen LogP) is 2.95. The molecule has 6 heteroatoms. The molecule has 0 spiro atoms. The van der Waals surface area contributed by atoms with Crippen LogP contribution < -0.4 is 0 Å². The molecule has 0 unspecified atom stereocenters. The standard InChI is InChI=1S/C14H13FN2O2S/c1-17-7-6-16-14(17)20-9-11-4-2-10(8-12(11)15)3-5-13(18)19/h2-8H,9H2,1H3,(H,18,19). The van der Waals surface area contributed by atoms with Crippen LogP contribution >= 0.6 is 11.8 Å². The lowest BCUT2D eigenvalue weighted by molar-refractivity contribution is -0.131. The number of nitrogens with zero attached hydrogens (tertiary/aromatic N) is 2. The molecule has 1 heterocycles. The van der Waals surface area contributed by atoms with Crippen molar-refractivity contribution in [3.8, 4) is 0 Å². The fraction of sp³-hybridized carbons (Fsp3) is 0.143. The molecule has 1 aromatic heterocycles. The van der Waals surface area contributed by atoms with Crippen molar-refractivity contribution < 1.29 is 14.3 Å². The van der Waals surface area contributed by atoms with Crippen LogP contribution in [0, 0.1) is 5.82 Å². The van der Waals surface area contributed by atoms with Crippen molar-refractivity contribution in [3.63, 3.8) is 0 Å². The second-order valence-electron chi connectivity index (χ2n) is 4.13. The maximum Gasteiger partial charge on any atom is 0.328 e. The summed E-state index contributed by atoms with van der Waals surface area (Å²) in [7, 11) is 1.88. The number of imidazole rings is 1. The number of benzene rings is 1. The third-order valence-corrected chi connectivity index (χ3v) is 3.74. The largest absolute Gasteiger partial charge is 0.478 e. The van der Waals surface area contributed by atoms with Gasteiger partial charge in [0, 0.05) is 31.3 Å². The molecule has 1 aromatic carbocycles. The molecule has 0 saturated carbocycles. The molecule has 0 fully saturated rings. The van der Waals surface area contributed by atoms with Gasteiger partial charge in [-0.25, -0.2) is 14.2 Å². The fourth-order valence-electron chi connectivity index (χ4n) is 1.59. The Labute approximate surface area is 120 Å². The van der Waals surface area contributed by atoms with Gasteiger partial charge in [0.15, 0.2) is 5.16 Å². The quantitative estimate of drug-likeness (QED) is 0.680. The van der Waals surface area contributed by atoms with E-state index in [0.717, 1.165) is 11.2 Å². The zero-order valence-electron chi connectivity index (χ0n) is 10.8. The van der Waals surface area contributed by atoms with Crippen molar-refractivity contribution in [2.45, 2.75) is 10.9 Å². The second kappa shape index (κ2) is 6.38. The minimum absolute atomic E-state index is 0.348. The van der Waals surface area contributed by atoms with E-state index in [1.54, 1.807) is 18.3 Å². The van der Waals surface area contributed by atoms with Crippen LogP contribution in [-0.4, -0.2) is 20.6 Å². The minimum atomic E-state index is -1.06. The molecule has 0 aliphatic carbocycles. The van der Waals surface area contributed by atoms with Crippen LogP contribution in [0.1, 0.15) is 11.1 Å². The molecule has 0 radical (unpaired) electrons. The third kappa shape index (κ3) is 3.71. The minimum Gasteiger partial charge on any atom is -0.478 e. The predicted molar refractivity (Wildman–Crippen MR) is 75.8 cm³/mol. The first-order valence-electron chi connectivity index (χ1n) is 5.86. The van der Waals surface area contributed by atoms with Crippen LogP contribution in [-0.2, 0) is 17.6 Å². The Morgan fingerprint density at radius 2 is 2.35 bits per heavy atom. The Kier molecular flexibility index (Phi) is 4.57. The van der Waals surface area contributed by atoms with E-state index < -0.39 is 5.97 Å². The van der Waals surface area contributed by atoms with E-state index in [1.807, 2.05) is 17.8 Å². The van der Waals surface area contributed by atoms with Crippen molar-refractivity contribution in [3.05, 3.63) is 53.6 Å². The summed E-state index contributed by atoms with van der Waals surface area (Å²) in [6.07, 6.45) is 5.87. The lowest BCUT2D eigenvalue weighted by Gasteiger charge is -2.04. The van der Waals surface area contributed by atoms with Crippen molar-refractivity contribution in [2.75, 3.05) is 0 Å². The van der Waals surface area contributed by atoms with Crippen molar-refractivity contribution >= 4 is 23.8 Å². The number of halogens is 1. The molecule has 0 atom stereocenters. The number of rotatable bonds is 5. The van der Waals surface area contributed by atoms with E-state index in [9.17, 15) is 9.18 Å².